The minimum absolute atomic E-state index is 0.101. The van der Waals surface area contributed by atoms with Gasteiger partial charge in [0.05, 0.1) is 0 Å². The predicted molar refractivity (Wildman–Crippen MR) is 102 cm³/mol. The molecule has 1 heterocycles. The lowest BCUT2D eigenvalue weighted by Crippen LogP contribution is -2.33. The first-order chi connectivity index (χ1) is 11.8. The van der Waals surface area contributed by atoms with Crippen LogP contribution in [-0.4, -0.2) is 0 Å². The van der Waals surface area contributed by atoms with Crippen molar-refractivity contribution in [3.8, 4) is 22.4 Å². The summed E-state index contributed by atoms with van der Waals surface area (Å²) in [5, 5.41) is 0. The first kappa shape index (κ1) is 17.3. The van der Waals surface area contributed by atoms with Crippen LogP contribution in [0.4, 0.5) is 4.39 Å². The van der Waals surface area contributed by atoms with Gasteiger partial charge < -0.3 is 0 Å². The molecule has 0 saturated heterocycles. The van der Waals surface area contributed by atoms with Crippen molar-refractivity contribution in [2.45, 2.75) is 33.1 Å². The Hall–Kier alpha value is -2.48. The minimum Gasteiger partial charge on any atom is -0.206 e. The van der Waals surface area contributed by atoms with E-state index in [0.717, 1.165) is 22.4 Å². The molecule has 0 saturated carbocycles. The van der Waals surface area contributed by atoms with E-state index in [4.69, 9.17) is 0 Å². The number of pyridine rings is 1. The number of aryl methyl sites for hydroxylation is 2. The van der Waals surface area contributed by atoms with Gasteiger partial charge in [0.1, 0.15) is 12.9 Å². The van der Waals surface area contributed by atoms with Crippen molar-refractivity contribution in [2.24, 2.45) is 7.05 Å². The van der Waals surface area contributed by atoms with Crippen molar-refractivity contribution in [1.29, 1.82) is 0 Å². The maximum Gasteiger partial charge on any atom is 0.212 e. The maximum absolute atomic E-state index is 14.5. The van der Waals surface area contributed by atoms with E-state index >= 15 is 0 Å². The summed E-state index contributed by atoms with van der Waals surface area (Å²) in [6.45, 7) is 8.58. The van der Waals surface area contributed by atoms with Crippen LogP contribution in [0.3, 0.4) is 0 Å². The molecule has 0 fully saturated rings. The van der Waals surface area contributed by atoms with Crippen molar-refractivity contribution < 1.29 is 8.96 Å². The molecule has 0 N–H and O–H groups in total. The van der Waals surface area contributed by atoms with Gasteiger partial charge >= 0.3 is 0 Å². The van der Waals surface area contributed by atoms with Crippen molar-refractivity contribution in [3.63, 3.8) is 0 Å². The van der Waals surface area contributed by atoms with Crippen LogP contribution in [0.2, 0.25) is 0 Å². The molecule has 0 aliphatic rings. The third kappa shape index (κ3) is 3.48. The Kier molecular flexibility index (Phi) is 4.47. The summed E-state index contributed by atoms with van der Waals surface area (Å²) in [5.41, 5.74) is 6.00. The first-order valence-electron chi connectivity index (χ1n) is 8.63. The van der Waals surface area contributed by atoms with Crippen molar-refractivity contribution in [2.75, 3.05) is 0 Å². The molecule has 0 bridgehead atoms. The summed E-state index contributed by atoms with van der Waals surface area (Å²) >= 11 is 0. The number of nitrogens with zero attached hydrogens (tertiary/aromatic N) is 1. The summed E-state index contributed by atoms with van der Waals surface area (Å²) in [7, 11) is 2.05. The lowest BCUT2D eigenvalue weighted by molar-refractivity contribution is -0.661. The molecule has 3 rings (SSSR count). The van der Waals surface area contributed by atoms with E-state index in [2.05, 4.69) is 50.7 Å². The van der Waals surface area contributed by atoms with Crippen LogP contribution in [0.5, 0.6) is 0 Å². The molecule has 0 amide bonds. The molecule has 2 heteroatoms. The maximum atomic E-state index is 14.5. The number of hydrogen-bond acceptors (Lipinski definition) is 0. The molecule has 128 valence electrons. The molecule has 0 spiro atoms. The molecule has 0 atom stereocenters. The van der Waals surface area contributed by atoms with Crippen LogP contribution in [-0.2, 0) is 12.5 Å². The topological polar surface area (TPSA) is 3.88 Å². The molecular formula is C23H25FN+. The molecule has 3 aromatic rings. The van der Waals surface area contributed by atoms with Gasteiger partial charge in [-0.05, 0) is 41.7 Å². The summed E-state index contributed by atoms with van der Waals surface area (Å²) in [4.78, 5) is 0. The number of aromatic nitrogens is 1. The summed E-state index contributed by atoms with van der Waals surface area (Å²) in [6.07, 6.45) is 2.17. The second-order valence-corrected chi connectivity index (χ2v) is 7.68. The summed E-state index contributed by atoms with van der Waals surface area (Å²) in [5.74, 6) is -0.179. The van der Waals surface area contributed by atoms with Crippen LogP contribution in [0.15, 0.2) is 60.8 Å². The average molecular weight is 334 g/mol. The Labute approximate surface area is 149 Å². The SMILES string of the molecule is Cc1cc(F)c(-c2ccccc2)cc1-c1ccc(C(C)(C)C)c[n+]1C. The second kappa shape index (κ2) is 6.44. The highest BCUT2D eigenvalue weighted by Gasteiger charge is 2.21. The molecule has 1 nitrogen and oxygen atoms in total. The monoisotopic (exact) mass is 334 g/mol. The van der Waals surface area contributed by atoms with E-state index in [1.54, 1.807) is 6.07 Å². The second-order valence-electron chi connectivity index (χ2n) is 7.68. The van der Waals surface area contributed by atoms with E-state index in [-0.39, 0.29) is 11.2 Å². The van der Waals surface area contributed by atoms with Crippen molar-refractivity contribution in [3.05, 3.63) is 77.7 Å². The fraction of sp³-hybridized carbons (Fsp3) is 0.261. The highest BCUT2D eigenvalue weighted by Crippen LogP contribution is 2.31. The number of hydrogen-bond donors (Lipinski definition) is 0. The fourth-order valence-electron chi connectivity index (χ4n) is 3.12. The smallest absolute Gasteiger partial charge is 0.206 e. The fourth-order valence-corrected chi connectivity index (χ4v) is 3.12. The molecule has 0 unspecified atom stereocenters. The minimum atomic E-state index is -0.179. The zero-order valence-corrected chi connectivity index (χ0v) is 15.6. The van der Waals surface area contributed by atoms with Crippen LogP contribution in [0, 0.1) is 12.7 Å². The molecule has 0 radical (unpaired) electrons. The standard InChI is InChI=1S/C23H25FN/c1-16-13-21(24)20(17-9-7-6-8-10-17)14-19(16)22-12-11-18(15-25(22)5)23(2,3)4/h6-15H,1-5H3/q+1. The quantitative estimate of drug-likeness (QED) is 0.538. The van der Waals surface area contributed by atoms with Gasteiger partial charge in [0.25, 0.3) is 0 Å². The van der Waals surface area contributed by atoms with Crippen molar-refractivity contribution >= 4 is 0 Å². The van der Waals surface area contributed by atoms with Crippen LogP contribution in [0.1, 0.15) is 31.9 Å². The third-order valence-electron chi connectivity index (χ3n) is 4.67. The molecule has 0 aliphatic heterocycles. The largest absolute Gasteiger partial charge is 0.212 e. The van der Waals surface area contributed by atoms with Crippen LogP contribution in [0.25, 0.3) is 22.4 Å². The molecule has 25 heavy (non-hydrogen) atoms. The Morgan fingerprint density at radius 3 is 2.16 bits per heavy atom. The van der Waals surface area contributed by atoms with E-state index in [9.17, 15) is 4.39 Å². The molecule has 0 aliphatic carbocycles. The van der Waals surface area contributed by atoms with Crippen LogP contribution < -0.4 is 4.57 Å². The molecule has 2 aromatic carbocycles. The zero-order chi connectivity index (χ0) is 18.2. The van der Waals surface area contributed by atoms with E-state index in [1.165, 1.54) is 5.56 Å². The van der Waals surface area contributed by atoms with Gasteiger partial charge in [-0.1, -0.05) is 51.1 Å². The Balaban J connectivity index is 2.15. The molecular weight excluding hydrogens is 309 g/mol. The van der Waals surface area contributed by atoms with Crippen LogP contribution >= 0.6 is 0 Å². The van der Waals surface area contributed by atoms with Gasteiger partial charge in [-0.15, -0.1) is 0 Å². The number of benzene rings is 2. The lowest BCUT2D eigenvalue weighted by Gasteiger charge is -2.18. The normalized spacial score (nSPS) is 11.6. The van der Waals surface area contributed by atoms with E-state index in [0.29, 0.717) is 5.56 Å². The Bertz CT molecular complexity index is 905. The molecule has 1 aromatic heterocycles. The summed E-state index contributed by atoms with van der Waals surface area (Å²) < 4.78 is 16.7. The average Bonchev–Trinajstić information content (AvgIpc) is 2.55. The van der Waals surface area contributed by atoms with Gasteiger partial charge in [0, 0.05) is 22.8 Å². The number of halogens is 1. The van der Waals surface area contributed by atoms with E-state index in [1.807, 2.05) is 43.3 Å². The third-order valence-corrected chi connectivity index (χ3v) is 4.67. The Morgan fingerprint density at radius 2 is 1.56 bits per heavy atom. The predicted octanol–water partition coefficient (Wildman–Crippen LogP) is 5.59. The van der Waals surface area contributed by atoms with Gasteiger partial charge in [-0.3, -0.25) is 0 Å². The summed E-state index contributed by atoms with van der Waals surface area (Å²) in [6, 6.07) is 17.6. The Morgan fingerprint density at radius 1 is 0.880 bits per heavy atom. The number of rotatable bonds is 2. The first-order valence-corrected chi connectivity index (χ1v) is 8.63. The van der Waals surface area contributed by atoms with Gasteiger partial charge in [0.15, 0.2) is 6.20 Å². The lowest BCUT2D eigenvalue weighted by atomic mass is 9.87. The van der Waals surface area contributed by atoms with Gasteiger partial charge in [-0.25, -0.2) is 8.96 Å². The zero-order valence-electron chi connectivity index (χ0n) is 15.6. The highest BCUT2D eigenvalue weighted by atomic mass is 19.1. The van der Waals surface area contributed by atoms with Crippen molar-refractivity contribution in [1.82, 2.24) is 0 Å². The van der Waals surface area contributed by atoms with E-state index < -0.39 is 0 Å². The van der Waals surface area contributed by atoms with Gasteiger partial charge in [0.2, 0.25) is 5.69 Å². The van der Waals surface area contributed by atoms with Gasteiger partial charge in [-0.2, -0.15) is 0 Å². The highest BCUT2D eigenvalue weighted by molar-refractivity contribution is 5.73.